The van der Waals surface area contributed by atoms with E-state index in [2.05, 4.69) is 69.3 Å². The molecule has 2 aliphatic rings. The minimum atomic E-state index is 0.202. The summed E-state index contributed by atoms with van der Waals surface area (Å²) in [4.78, 5) is 22.5. The Hall–Kier alpha value is -3.31. The van der Waals surface area contributed by atoms with Gasteiger partial charge in [0.25, 0.3) is 0 Å². The van der Waals surface area contributed by atoms with Gasteiger partial charge in [-0.2, -0.15) is 0 Å². The number of carbonyl (C=O) groups excluding carboxylic acids is 1. The molecule has 0 unspecified atom stereocenters. The molecule has 3 aromatic rings. The fraction of sp³-hybridized carbons (Fsp3) is 0.367. The predicted molar refractivity (Wildman–Crippen MR) is 144 cm³/mol. The highest BCUT2D eigenvalue weighted by molar-refractivity contribution is 5.84. The molecule has 2 saturated heterocycles. The van der Waals surface area contributed by atoms with Crippen LogP contribution in [0.4, 0.5) is 17.1 Å². The van der Waals surface area contributed by atoms with E-state index in [4.69, 9.17) is 0 Å². The van der Waals surface area contributed by atoms with Crippen LogP contribution >= 0.6 is 0 Å². The van der Waals surface area contributed by atoms with Gasteiger partial charge in [0.2, 0.25) is 5.91 Å². The Balaban J connectivity index is 1.11. The number of para-hydroxylation sites is 3. The minimum absolute atomic E-state index is 0.202. The number of anilines is 3. The number of nitrogens with zero attached hydrogens (tertiary/aromatic N) is 4. The molecule has 0 aromatic heterocycles. The Labute approximate surface area is 209 Å². The van der Waals surface area contributed by atoms with Crippen LogP contribution in [0.1, 0.15) is 12.8 Å². The van der Waals surface area contributed by atoms with Crippen molar-refractivity contribution >= 4 is 23.0 Å². The molecular formula is C30H36N4O. The summed E-state index contributed by atoms with van der Waals surface area (Å²) in [6.07, 6.45) is 2.49. The molecule has 0 saturated carbocycles. The van der Waals surface area contributed by atoms with Crippen molar-refractivity contribution in [2.24, 2.45) is 5.92 Å². The Kier molecular flexibility index (Phi) is 7.64. The van der Waals surface area contributed by atoms with E-state index >= 15 is 0 Å². The van der Waals surface area contributed by atoms with Crippen molar-refractivity contribution in [3.05, 3.63) is 91.0 Å². The molecule has 0 aliphatic carbocycles. The van der Waals surface area contributed by atoms with Gasteiger partial charge in [-0.25, -0.2) is 0 Å². The second kappa shape index (κ2) is 11.4. The highest BCUT2D eigenvalue weighted by atomic mass is 16.2. The van der Waals surface area contributed by atoms with Gasteiger partial charge >= 0.3 is 0 Å². The number of piperidine rings is 1. The lowest BCUT2D eigenvalue weighted by atomic mass is 9.95. The first-order valence-electron chi connectivity index (χ1n) is 12.9. The largest absolute Gasteiger partial charge is 0.372 e. The maximum absolute atomic E-state index is 13.3. The van der Waals surface area contributed by atoms with Gasteiger partial charge in [-0.3, -0.25) is 9.69 Å². The fourth-order valence-electron chi connectivity index (χ4n) is 5.34. The third-order valence-electron chi connectivity index (χ3n) is 7.41. The molecule has 2 aliphatic heterocycles. The molecule has 0 bridgehead atoms. The van der Waals surface area contributed by atoms with Gasteiger partial charge in [-0.15, -0.1) is 0 Å². The number of rotatable bonds is 7. The van der Waals surface area contributed by atoms with Crippen molar-refractivity contribution in [2.75, 3.05) is 62.2 Å². The summed E-state index contributed by atoms with van der Waals surface area (Å²) in [5.41, 5.74) is 3.44. The van der Waals surface area contributed by atoms with Gasteiger partial charge in [-0.05, 0) is 55.2 Å². The predicted octanol–water partition coefficient (Wildman–Crippen LogP) is 4.89. The molecule has 35 heavy (non-hydrogen) atoms. The highest BCUT2D eigenvalue weighted by Gasteiger charge is 2.26. The molecule has 2 fully saturated rings. The number of amides is 1. The summed E-state index contributed by atoms with van der Waals surface area (Å²) in [7, 11) is 0. The zero-order valence-corrected chi connectivity index (χ0v) is 20.5. The summed E-state index contributed by atoms with van der Waals surface area (Å²) in [6.45, 7) is 7.39. The minimum Gasteiger partial charge on any atom is -0.372 e. The third-order valence-corrected chi connectivity index (χ3v) is 7.41. The van der Waals surface area contributed by atoms with E-state index in [9.17, 15) is 4.79 Å². The molecule has 0 radical (unpaired) electrons. The smallest absolute Gasteiger partial charge is 0.242 e. The molecule has 5 nitrogen and oxygen atoms in total. The van der Waals surface area contributed by atoms with Gasteiger partial charge in [0.05, 0.1) is 0 Å². The zero-order valence-electron chi connectivity index (χ0n) is 20.5. The van der Waals surface area contributed by atoms with E-state index in [1.165, 1.54) is 18.5 Å². The second-order valence-corrected chi connectivity index (χ2v) is 9.70. The van der Waals surface area contributed by atoms with E-state index in [-0.39, 0.29) is 5.91 Å². The number of piperazine rings is 1. The Morgan fingerprint density at radius 1 is 0.686 bits per heavy atom. The van der Waals surface area contributed by atoms with Crippen molar-refractivity contribution in [1.29, 1.82) is 0 Å². The van der Waals surface area contributed by atoms with Gasteiger partial charge in [0.1, 0.15) is 6.54 Å². The monoisotopic (exact) mass is 468 g/mol. The summed E-state index contributed by atoms with van der Waals surface area (Å²) >= 11 is 0. The molecule has 0 spiro atoms. The number of carbonyl (C=O) groups is 1. The SMILES string of the molecule is O=C(CN(c1ccccc1)c1ccccc1)N1CCN(CC2CCN(c3ccccc3)CC2)CC1. The standard InChI is InChI=1S/C30H36N4O/c35-30(25-34(28-12-6-2-7-13-28)29-14-8-3-9-15-29)33-22-20-31(21-23-33)24-26-16-18-32(19-17-26)27-10-4-1-5-11-27/h1-15,26H,16-25H2. The molecule has 5 rings (SSSR count). The van der Waals surface area contributed by atoms with Crippen LogP contribution in [0.5, 0.6) is 0 Å². The number of benzene rings is 3. The van der Waals surface area contributed by atoms with Crippen LogP contribution in [0.2, 0.25) is 0 Å². The van der Waals surface area contributed by atoms with Crippen molar-refractivity contribution < 1.29 is 4.79 Å². The van der Waals surface area contributed by atoms with Crippen LogP contribution in [0.25, 0.3) is 0 Å². The molecule has 0 atom stereocenters. The van der Waals surface area contributed by atoms with Crippen molar-refractivity contribution in [2.45, 2.75) is 12.8 Å². The van der Waals surface area contributed by atoms with Gasteiger partial charge in [-0.1, -0.05) is 54.6 Å². The Morgan fingerprint density at radius 3 is 1.74 bits per heavy atom. The van der Waals surface area contributed by atoms with E-state index < -0.39 is 0 Å². The average Bonchev–Trinajstić information content (AvgIpc) is 2.94. The normalized spacial score (nSPS) is 17.4. The lowest BCUT2D eigenvalue weighted by molar-refractivity contribution is -0.131. The summed E-state index contributed by atoms with van der Waals surface area (Å²) in [5, 5.41) is 0. The number of hydrogen-bond donors (Lipinski definition) is 0. The molecule has 1 amide bonds. The lowest BCUT2D eigenvalue weighted by Crippen LogP contribution is -2.52. The molecule has 0 N–H and O–H groups in total. The Bertz CT molecular complexity index is 1000. The first-order valence-corrected chi connectivity index (χ1v) is 12.9. The Morgan fingerprint density at radius 2 is 1.20 bits per heavy atom. The van der Waals surface area contributed by atoms with Crippen molar-refractivity contribution in [3.63, 3.8) is 0 Å². The van der Waals surface area contributed by atoms with Crippen LogP contribution < -0.4 is 9.80 Å². The van der Waals surface area contributed by atoms with Crippen LogP contribution in [-0.4, -0.2) is 68.1 Å². The average molecular weight is 469 g/mol. The summed E-state index contributed by atoms with van der Waals surface area (Å²) < 4.78 is 0. The maximum Gasteiger partial charge on any atom is 0.242 e. The van der Waals surface area contributed by atoms with Gasteiger partial charge in [0.15, 0.2) is 0 Å². The second-order valence-electron chi connectivity index (χ2n) is 9.70. The van der Waals surface area contributed by atoms with E-state index in [1.54, 1.807) is 0 Å². The number of hydrogen-bond acceptors (Lipinski definition) is 4. The summed E-state index contributed by atoms with van der Waals surface area (Å²) in [5.74, 6) is 0.956. The quantitative estimate of drug-likeness (QED) is 0.494. The third kappa shape index (κ3) is 6.04. The van der Waals surface area contributed by atoms with E-state index in [0.717, 1.165) is 63.1 Å². The molecular weight excluding hydrogens is 432 g/mol. The molecule has 2 heterocycles. The molecule has 182 valence electrons. The van der Waals surface area contributed by atoms with Crippen LogP contribution in [0.3, 0.4) is 0 Å². The van der Waals surface area contributed by atoms with E-state index in [0.29, 0.717) is 6.54 Å². The van der Waals surface area contributed by atoms with Crippen molar-refractivity contribution in [3.8, 4) is 0 Å². The van der Waals surface area contributed by atoms with Crippen LogP contribution in [0.15, 0.2) is 91.0 Å². The van der Waals surface area contributed by atoms with E-state index in [1.807, 2.05) is 41.3 Å². The fourth-order valence-corrected chi connectivity index (χ4v) is 5.34. The van der Waals surface area contributed by atoms with Gasteiger partial charge in [0, 0.05) is 62.9 Å². The van der Waals surface area contributed by atoms with Crippen LogP contribution in [0, 0.1) is 5.92 Å². The van der Waals surface area contributed by atoms with Crippen molar-refractivity contribution in [1.82, 2.24) is 9.80 Å². The highest BCUT2D eigenvalue weighted by Crippen LogP contribution is 2.26. The first kappa shape index (κ1) is 23.4. The van der Waals surface area contributed by atoms with Gasteiger partial charge < -0.3 is 14.7 Å². The zero-order chi connectivity index (χ0) is 23.9. The lowest BCUT2D eigenvalue weighted by Gasteiger charge is -2.40. The maximum atomic E-state index is 13.3. The molecule has 5 heteroatoms. The first-order chi connectivity index (χ1) is 17.3. The molecule has 3 aromatic carbocycles. The topological polar surface area (TPSA) is 30.0 Å². The summed E-state index contributed by atoms with van der Waals surface area (Å²) in [6, 6.07) is 31.2. The van der Waals surface area contributed by atoms with Crippen LogP contribution in [-0.2, 0) is 4.79 Å².